The minimum Gasteiger partial charge on any atom is -0.478 e. The number of nitrogen functional groups attached to an aromatic ring is 1. The molecule has 1 fully saturated rings. The molecule has 2 aromatic rings. The molecule has 2 heterocycles. The molecule has 3 rings (SSSR count). The molecule has 1 aromatic heterocycles. The zero-order valence-corrected chi connectivity index (χ0v) is 13.9. The first-order chi connectivity index (χ1) is 12.0. The van der Waals surface area contributed by atoms with Gasteiger partial charge in [-0.3, -0.25) is 5.41 Å². The van der Waals surface area contributed by atoms with Crippen molar-refractivity contribution in [2.75, 3.05) is 31.2 Å². The SMILES string of the molecule is CN1CCC(Nc2ncnc(N)c2C(=N)c2ccc(C(=O)O)cc2)C1. The van der Waals surface area contributed by atoms with Crippen LogP contribution in [0.5, 0.6) is 0 Å². The lowest BCUT2D eigenvalue weighted by Crippen LogP contribution is -2.25. The second kappa shape index (κ2) is 6.86. The number of nitrogens with one attached hydrogen (secondary N) is 2. The van der Waals surface area contributed by atoms with Crippen LogP contribution in [-0.2, 0) is 0 Å². The highest BCUT2D eigenvalue weighted by Crippen LogP contribution is 2.24. The van der Waals surface area contributed by atoms with Crippen LogP contribution in [0.15, 0.2) is 30.6 Å². The molecule has 1 unspecified atom stereocenters. The van der Waals surface area contributed by atoms with E-state index in [4.69, 9.17) is 16.2 Å². The smallest absolute Gasteiger partial charge is 0.335 e. The van der Waals surface area contributed by atoms with Gasteiger partial charge in [0.05, 0.1) is 16.8 Å². The first-order valence-electron chi connectivity index (χ1n) is 7.94. The van der Waals surface area contributed by atoms with E-state index in [1.807, 2.05) is 0 Å². The van der Waals surface area contributed by atoms with E-state index in [-0.39, 0.29) is 23.1 Å². The Labute approximate surface area is 145 Å². The van der Waals surface area contributed by atoms with Gasteiger partial charge >= 0.3 is 5.97 Å². The van der Waals surface area contributed by atoms with Gasteiger partial charge in [-0.2, -0.15) is 0 Å². The Morgan fingerprint density at radius 1 is 1.32 bits per heavy atom. The minimum atomic E-state index is -1.01. The summed E-state index contributed by atoms with van der Waals surface area (Å²) in [5.41, 5.74) is 7.31. The van der Waals surface area contributed by atoms with E-state index in [1.165, 1.54) is 18.5 Å². The Kier molecular flexibility index (Phi) is 4.62. The molecule has 1 aromatic carbocycles. The summed E-state index contributed by atoms with van der Waals surface area (Å²) in [5, 5.41) is 20.8. The summed E-state index contributed by atoms with van der Waals surface area (Å²) in [7, 11) is 2.06. The Balaban J connectivity index is 1.90. The molecule has 1 aliphatic heterocycles. The number of benzene rings is 1. The molecule has 1 aliphatic rings. The first-order valence-corrected chi connectivity index (χ1v) is 7.94. The second-order valence-electron chi connectivity index (χ2n) is 6.13. The van der Waals surface area contributed by atoms with Crippen LogP contribution in [0.25, 0.3) is 0 Å². The first kappa shape index (κ1) is 16.8. The molecule has 0 aliphatic carbocycles. The number of anilines is 2. The van der Waals surface area contributed by atoms with Gasteiger partial charge in [-0.1, -0.05) is 12.1 Å². The van der Waals surface area contributed by atoms with Crippen molar-refractivity contribution in [3.8, 4) is 0 Å². The summed E-state index contributed by atoms with van der Waals surface area (Å²) in [6, 6.07) is 6.34. The second-order valence-corrected chi connectivity index (χ2v) is 6.13. The third-order valence-electron chi connectivity index (χ3n) is 4.28. The monoisotopic (exact) mass is 340 g/mol. The number of hydrogen-bond donors (Lipinski definition) is 4. The molecule has 0 bridgehead atoms. The highest BCUT2D eigenvalue weighted by Gasteiger charge is 2.23. The minimum absolute atomic E-state index is 0.156. The van der Waals surface area contributed by atoms with Gasteiger partial charge in [0.15, 0.2) is 0 Å². The molecule has 1 saturated heterocycles. The molecule has 0 spiro atoms. The largest absolute Gasteiger partial charge is 0.478 e. The molecule has 0 amide bonds. The molecule has 0 radical (unpaired) electrons. The van der Waals surface area contributed by atoms with E-state index in [0.717, 1.165) is 19.5 Å². The highest BCUT2D eigenvalue weighted by molar-refractivity contribution is 6.16. The number of nitrogens with two attached hydrogens (primary N) is 1. The lowest BCUT2D eigenvalue weighted by molar-refractivity contribution is 0.0697. The standard InChI is InChI=1S/C17H20N6O2/c1-23-7-6-12(8-23)22-16-13(15(19)20-9-21-16)14(18)10-2-4-11(5-3-10)17(24)25/h2-5,9,12,18H,6-8H2,1H3,(H,24,25)(H3,19,20,21,22). The normalized spacial score (nSPS) is 17.4. The summed E-state index contributed by atoms with van der Waals surface area (Å²) in [4.78, 5) is 21.5. The number of aromatic carboxylic acids is 1. The number of aromatic nitrogens is 2. The van der Waals surface area contributed by atoms with Crippen molar-refractivity contribution in [3.63, 3.8) is 0 Å². The molecular formula is C17H20N6O2. The number of likely N-dealkylation sites (N-methyl/N-ethyl adjacent to an activating group) is 1. The van der Waals surface area contributed by atoms with Crippen LogP contribution in [0.2, 0.25) is 0 Å². The van der Waals surface area contributed by atoms with Gasteiger partial charge in [-0.15, -0.1) is 0 Å². The van der Waals surface area contributed by atoms with E-state index in [9.17, 15) is 4.79 Å². The number of likely N-dealkylation sites (tertiary alicyclic amines) is 1. The van der Waals surface area contributed by atoms with Crippen molar-refractivity contribution in [3.05, 3.63) is 47.3 Å². The average molecular weight is 340 g/mol. The third-order valence-corrected chi connectivity index (χ3v) is 4.28. The quantitative estimate of drug-likeness (QED) is 0.604. The Bertz CT molecular complexity index is 805. The zero-order chi connectivity index (χ0) is 18.0. The van der Waals surface area contributed by atoms with Gasteiger partial charge in [0.1, 0.15) is 18.0 Å². The summed E-state index contributed by atoms with van der Waals surface area (Å²) < 4.78 is 0. The zero-order valence-electron chi connectivity index (χ0n) is 13.9. The number of carboxylic acids is 1. The number of nitrogens with zero attached hydrogens (tertiary/aromatic N) is 3. The molecule has 130 valence electrons. The van der Waals surface area contributed by atoms with E-state index >= 15 is 0 Å². The lowest BCUT2D eigenvalue weighted by Gasteiger charge is -2.17. The van der Waals surface area contributed by atoms with Crippen molar-refractivity contribution < 1.29 is 9.90 Å². The maximum atomic E-state index is 11.0. The molecule has 1 atom stereocenters. The fraction of sp³-hybridized carbons (Fsp3) is 0.294. The van der Waals surface area contributed by atoms with E-state index in [1.54, 1.807) is 12.1 Å². The van der Waals surface area contributed by atoms with Gasteiger partial charge in [-0.25, -0.2) is 14.8 Å². The van der Waals surface area contributed by atoms with Crippen LogP contribution in [0.4, 0.5) is 11.6 Å². The Morgan fingerprint density at radius 2 is 2.00 bits per heavy atom. The molecular weight excluding hydrogens is 320 g/mol. The predicted molar refractivity (Wildman–Crippen MR) is 95.3 cm³/mol. The van der Waals surface area contributed by atoms with Crippen molar-refractivity contribution in [2.45, 2.75) is 12.5 Å². The summed E-state index contributed by atoms with van der Waals surface area (Å²) >= 11 is 0. The third kappa shape index (κ3) is 3.58. The van der Waals surface area contributed by atoms with E-state index in [2.05, 4.69) is 27.2 Å². The molecule has 0 saturated carbocycles. The number of hydrogen-bond acceptors (Lipinski definition) is 7. The molecule has 8 nitrogen and oxygen atoms in total. The topological polar surface area (TPSA) is 128 Å². The highest BCUT2D eigenvalue weighted by atomic mass is 16.4. The van der Waals surface area contributed by atoms with Crippen LogP contribution >= 0.6 is 0 Å². The van der Waals surface area contributed by atoms with Crippen molar-refractivity contribution in [1.29, 1.82) is 5.41 Å². The summed E-state index contributed by atoms with van der Waals surface area (Å²) in [6.07, 6.45) is 2.36. The average Bonchev–Trinajstić information content (AvgIpc) is 2.99. The predicted octanol–water partition coefficient (Wildman–Crippen LogP) is 1.29. The number of carbonyl (C=O) groups is 1. The van der Waals surface area contributed by atoms with Crippen molar-refractivity contribution >= 4 is 23.3 Å². The summed E-state index contributed by atoms with van der Waals surface area (Å²) in [5.74, 6) is -0.260. The molecule has 25 heavy (non-hydrogen) atoms. The van der Waals surface area contributed by atoms with Gasteiger partial charge in [0.2, 0.25) is 0 Å². The Morgan fingerprint density at radius 3 is 2.60 bits per heavy atom. The van der Waals surface area contributed by atoms with Crippen LogP contribution in [0, 0.1) is 5.41 Å². The van der Waals surface area contributed by atoms with E-state index < -0.39 is 5.97 Å². The Hall–Kier alpha value is -3.00. The fourth-order valence-electron chi connectivity index (χ4n) is 2.93. The maximum absolute atomic E-state index is 11.0. The van der Waals surface area contributed by atoms with Gasteiger partial charge in [0, 0.05) is 18.2 Å². The van der Waals surface area contributed by atoms with Crippen LogP contribution in [0.3, 0.4) is 0 Å². The van der Waals surface area contributed by atoms with Crippen LogP contribution in [-0.4, -0.2) is 57.8 Å². The van der Waals surface area contributed by atoms with Gasteiger partial charge < -0.3 is 21.1 Å². The summed E-state index contributed by atoms with van der Waals surface area (Å²) in [6.45, 7) is 1.89. The van der Waals surface area contributed by atoms with E-state index in [0.29, 0.717) is 16.9 Å². The van der Waals surface area contributed by atoms with Crippen molar-refractivity contribution in [2.24, 2.45) is 0 Å². The van der Waals surface area contributed by atoms with Crippen LogP contribution in [0.1, 0.15) is 27.9 Å². The maximum Gasteiger partial charge on any atom is 0.335 e. The van der Waals surface area contributed by atoms with Gasteiger partial charge in [0.25, 0.3) is 0 Å². The molecule has 8 heteroatoms. The van der Waals surface area contributed by atoms with Crippen molar-refractivity contribution in [1.82, 2.24) is 14.9 Å². The number of carboxylic acid groups (broad SMARTS) is 1. The lowest BCUT2D eigenvalue weighted by atomic mass is 10.0. The number of rotatable bonds is 5. The molecule has 5 N–H and O–H groups in total. The van der Waals surface area contributed by atoms with Gasteiger partial charge in [-0.05, 0) is 32.1 Å². The fourth-order valence-corrected chi connectivity index (χ4v) is 2.93. The van der Waals surface area contributed by atoms with Crippen LogP contribution < -0.4 is 11.1 Å².